The smallest absolute Gasteiger partial charge is 0.257 e. The highest BCUT2D eigenvalue weighted by atomic mass is 35.5. The Balaban J connectivity index is 1.36. The van der Waals surface area contributed by atoms with Gasteiger partial charge in [-0.2, -0.15) is 0 Å². The minimum absolute atomic E-state index is 0.185. The van der Waals surface area contributed by atoms with Gasteiger partial charge in [0.25, 0.3) is 5.91 Å². The van der Waals surface area contributed by atoms with Gasteiger partial charge in [0.2, 0.25) is 5.13 Å². The van der Waals surface area contributed by atoms with Crippen LogP contribution < -0.4 is 5.32 Å². The maximum Gasteiger partial charge on any atom is 0.257 e. The van der Waals surface area contributed by atoms with Crippen molar-refractivity contribution in [2.24, 2.45) is 17.8 Å². The summed E-state index contributed by atoms with van der Waals surface area (Å²) >= 11 is 7.53. The molecule has 6 rings (SSSR count). The molecule has 4 nitrogen and oxygen atoms in total. The monoisotopic (exact) mass is 373 g/mol. The SMILES string of the molecule is O=C(Nc1nnc(C23CC4CC(CC(C4)C2)C3)s1)c1cccc(Cl)c1. The highest BCUT2D eigenvalue weighted by Crippen LogP contribution is 2.61. The minimum atomic E-state index is -0.185. The summed E-state index contributed by atoms with van der Waals surface area (Å²) in [6.45, 7) is 0. The predicted molar refractivity (Wildman–Crippen MR) is 99.2 cm³/mol. The van der Waals surface area contributed by atoms with Crippen molar-refractivity contribution in [1.29, 1.82) is 0 Å². The number of anilines is 1. The Morgan fingerprint density at radius 1 is 1.12 bits per heavy atom. The molecule has 0 unspecified atom stereocenters. The van der Waals surface area contributed by atoms with Gasteiger partial charge in [0, 0.05) is 16.0 Å². The zero-order chi connectivity index (χ0) is 17.0. The molecule has 0 saturated heterocycles. The number of hydrogen-bond donors (Lipinski definition) is 1. The van der Waals surface area contributed by atoms with Crippen molar-refractivity contribution < 1.29 is 4.79 Å². The van der Waals surface area contributed by atoms with Crippen molar-refractivity contribution in [3.63, 3.8) is 0 Å². The fraction of sp³-hybridized carbons (Fsp3) is 0.526. The number of nitrogens with one attached hydrogen (secondary N) is 1. The summed E-state index contributed by atoms with van der Waals surface area (Å²) < 4.78 is 0. The molecule has 2 aromatic rings. The van der Waals surface area contributed by atoms with E-state index in [-0.39, 0.29) is 11.3 Å². The molecule has 25 heavy (non-hydrogen) atoms. The number of halogens is 1. The number of benzene rings is 1. The molecule has 0 spiro atoms. The van der Waals surface area contributed by atoms with Crippen LogP contribution in [0.1, 0.15) is 53.9 Å². The zero-order valence-corrected chi connectivity index (χ0v) is 15.4. The lowest BCUT2D eigenvalue weighted by atomic mass is 9.50. The van der Waals surface area contributed by atoms with Gasteiger partial charge in [-0.05, 0) is 74.5 Å². The van der Waals surface area contributed by atoms with Gasteiger partial charge in [-0.3, -0.25) is 10.1 Å². The van der Waals surface area contributed by atoms with Gasteiger partial charge in [-0.1, -0.05) is 29.0 Å². The lowest BCUT2D eigenvalue weighted by molar-refractivity contribution is -0.00555. The molecule has 4 fully saturated rings. The van der Waals surface area contributed by atoms with E-state index in [0.29, 0.717) is 15.7 Å². The highest BCUT2D eigenvalue weighted by Gasteiger charge is 2.53. The summed E-state index contributed by atoms with van der Waals surface area (Å²) in [6.07, 6.45) is 8.02. The maximum atomic E-state index is 12.4. The summed E-state index contributed by atoms with van der Waals surface area (Å²) in [5.74, 6) is 2.44. The van der Waals surface area contributed by atoms with E-state index in [2.05, 4.69) is 15.5 Å². The fourth-order valence-corrected chi connectivity index (χ4v) is 6.81. The molecular weight excluding hydrogens is 354 g/mol. The van der Waals surface area contributed by atoms with E-state index < -0.39 is 0 Å². The van der Waals surface area contributed by atoms with Crippen LogP contribution in [0.4, 0.5) is 5.13 Å². The fourth-order valence-electron chi connectivity index (χ4n) is 5.66. The van der Waals surface area contributed by atoms with Crippen LogP contribution in [0, 0.1) is 17.8 Å². The van der Waals surface area contributed by atoms with E-state index in [4.69, 9.17) is 11.6 Å². The van der Waals surface area contributed by atoms with Gasteiger partial charge >= 0.3 is 0 Å². The number of nitrogens with zero attached hydrogens (tertiary/aromatic N) is 2. The molecule has 1 N–H and O–H groups in total. The van der Waals surface area contributed by atoms with Crippen molar-refractivity contribution in [1.82, 2.24) is 10.2 Å². The van der Waals surface area contributed by atoms with Crippen LogP contribution in [-0.2, 0) is 5.41 Å². The van der Waals surface area contributed by atoms with Crippen LogP contribution in [0.3, 0.4) is 0 Å². The van der Waals surface area contributed by atoms with E-state index in [1.807, 2.05) is 0 Å². The summed E-state index contributed by atoms with van der Waals surface area (Å²) in [5, 5.41) is 13.9. The normalized spacial score (nSPS) is 32.8. The van der Waals surface area contributed by atoms with Crippen molar-refractivity contribution in [2.75, 3.05) is 5.32 Å². The van der Waals surface area contributed by atoms with Crippen molar-refractivity contribution in [2.45, 2.75) is 43.9 Å². The third kappa shape index (κ3) is 2.77. The Labute approximate surface area is 156 Å². The molecule has 1 heterocycles. The average Bonchev–Trinajstić information content (AvgIpc) is 3.03. The zero-order valence-electron chi connectivity index (χ0n) is 13.9. The number of amides is 1. The van der Waals surface area contributed by atoms with Crippen LogP contribution >= 0.6 is 22.9 Å². The van der Waals surface area contributed by atoms with Gasteiger partial charge < -0.3 is 0 Å². The van der Waals surface area contributed by atoms with E-state index in [9.17, 15) is 4.79 Å². The average molecular weight is 374 g/mol. The van der Waals surface area contributed by atoms with E-state index in [0.717, 1.165) is 22.8 Å². The Bertz CT molecular complexity index is 798. The predicted octanol–water partition coefficient (Wildman–Crippen LogP) is 4.91. The molecule has 0 atom stereocenters. The van der Waals surface area contributed by atoms with Crippen molar-refractivity contribution >= 4 is 34.0 Å². The molecule has 4 aliphatic rings. The molecular formula is C19H20ClN3OS. The van der Waals surface area contributed by atoms with Gasteiger partial charge in [-0.15, -0.1) is 10.2 Å². The summed E-state index contributed by atoms with van der Waals surface area (Å²) in [6, 6.07) is 6.95. The van der Waals surface area contributed by atoms with E-state index >= 15 is 0 Å². The third-order valence-electron chi connectivity index (χ3n) is 6.22. The largest absolute Gasteiger partial charge is 0.296 e. The summed E-state index contributed by atoms with van der Waals surface area (Å²) in [7, 11) is 0. The number of hydrogen-bond acceptors (Lipinski definition) is 4. The van der Waals surface area contributed by atoms with Crippen molar-refractivity contribution in [3.8, 4) is 0 Å². The molecule has 4 aliphatic carbocycles. The van der Waals surface area contributed by atoms with Crippen LogP contribution in [0.5, 0.6) is 0 Å². The van der Waals surface area contributed by atoms with E-state index in [1.54, 1.807) is 35.6 Å². The quantitative estimate of drug-likeness (QED) is 0.831. The number of carbonyl (C=O) groups is 1. The first-order chi connectivity index (χ1) is 12.1. The second-order valence-corrected chi connectivity index (χ2v) is 9.49. The van der Waals surface area contributed by atoms with Crippen LogP contribution in [0.25, 0.3) is 0 Å². The standard InChI is InChI=1S/C19H20ClN3OS/c20-15-3-1-2-14(7-15)16(24)21-18-23-22-17(25-18)19-8-11-4-12(9-19)6-13(5-11)10-19/h1-3,7,11-13H,4-6,8-10H2,(H,21,23,24). The Morgan fingerprint density at radius 2 is 1.80 bits per heavy atom. The Morgan fingerprint density at radius 3 is 2.44 bits per heavy atom. The second kappa shape index (κ2) is 5.78. The first-order valence-electron chi connectivity index (χ1n) is 9.00. The summed E-state index contributed by atoms with van der Waals surface area (Å²) in [5.41, 5.74) is 0.768. The first-order valence-corrected chi connectivity index (χ1v) is 10.2. The Hall–Kier alpha value is -1.46. The minimum Gasteiger partial charge on any atom is -0.296 e. The molecule has 4 saturated carbocycles. The lowest BCUT2D eigenvalue weighted by Gasteiger charge is -2.55. The van der Waals surface area contributed by atoms with Gasteiger partial charge in [-0.25, -0.2) is 0 Å². The molecule has 1 aromatic heterocycles. The molecule has 6 heteroatoms. The number of aromatic nitrogens is 2. The third-order valence-corrected chi connectivity index (χ3v) is 7.54. The molecule has 4 bridgehead atoms. The maximum absolute atomic E-state index is 12.4. The number of rotatable bonds is 3. The molecule has 0 radical (unpaired) electrons. The van der Waals surface area contributed by atoms with E-state index in [1.165, 1.54) is 38.5 Å². The lowest BCUT2D eigenvalue weighted by Crippen LogP contribution is -2.48. The highest BCUT2D eigenvalue weighted by molar-refractivity contribution is 7.15. The van der Waals surface area contributed by atoms with Crippen LogP contribution in [0.2, 0.25) is 5.02 Å². The van der Waals surface area contributed by atoms with Gasteiger partial charge in [0.05, 0.1) is 0 Å². The first kappa shape index (κ1) is 15.8. The van der Waals surface area contributed by atoms with Gasteiger partial charge in [0.15, 0.2) is 0 Å². The molecule has 1 amide bonds. The van der Waals surface area contributed by atoms with Crippen molar-refractivity contribution in [3.05, 3.63) is 39.9 Å². The Kier molecular flexibility index (Phi) is 3.64. The van der Waals surface area contributed by atoms with Crippen LogP contribution in [0.15, 0.2) is 24.3 Å². The summed E-state index contributed by atoms with van der Waals surface area (Å²) in [4.78, 5) is 12.4. The second-order valence-electron chi connectivity index (χ2n) is 8.07. The molecule has 0 aliphatic heterocycles. The van der Waals surface area contributed by atoms with Gasteiger partial charge in [0.1, 0.15) is 5.01 Å². The molecule has 1 aromatic carbocycles. The topological polar surface area (TPSA) is 54.9 Å². The molecule has 130 valence electrons. The van der Waals surface area contributed by atoms with Crippen LogP contribution in [-0.4, -0.2) is 16.1 Å². The number of carbonyl (C=O) groups excluding carboxylic acids is 1.